The Labute approximate surface area is 139 Å². The number of anilines is 1. The van der Waals surface area contributed by atoms with Gasteiger partial charge in [0.1, 0.15) is 0 Å². The molecule has 1 aromatic heterocycles. The van der Waals surface area contributed by atoms with Crippen LogP contribution in [0.3, 0.4) is 0 Å². The van der Waals surface area contributed by atoms with Crippen LogP contribution in [0.25, 0.3) is 0 Å². The molecule has 5 nitrogen and oxygen atoms in total. The summed E-state index contributed by atoms with van der Waals surface area (Å²) in [6, 6.07) is 10.3. The van der Waals surface area contributed by atoms with Crippen LogP contribution < -0.4 is 16.2 Å². The van der Waals surface area contributed by atoms with Crippen LogP contribution >= 0.6 is 11.6 Å². The van der Waals surface area contributed by atoms with Crippen molar-refractivity contribution >= 4 is 23.2 Å². The third-order valence-electron chi connectivity index (χ3n) is 3.93. The lowest BCUT2D eigenvalue weighted by Gasteiger charge is -2.13. The van der Waals surface area contributed by atoms with Crippen LogP contribution in [0.5, 0.6) is 0 Å². The highest BCUT2D eigenvalue weighted by atomic mass is 35.5. The number of nitrogens with one attached hydrogen (secondary N) is 2. The second-order valence-corrected chi connectivity index (χ2v) is 6.02. The average Bonchev–Trinajstić information content (AvgIpc) is 3.07. The molecule has 120 valence electrons. The van der Waals surface area contributed by atoms with Gasteiger partial charge in [0, 0.05) is 17.3 Å². The highest BCUT2D eigenvalue weighted by molar-refractivity contribution is 6.31. The standard InChI is InChI=1S/C17H18ClN3O2/c18-14-5-2-1-4-12(14)10-21-11-13(7-8-16(21)22)20-17(23)15-6-3-9-19-15/h1-2,4-5,7-8,11,15,19H,3,6,9-10H2,(H,20,23). The predicted octanol–water partition coefficient (Wildman–Crippen LogP) is 2.24. The molecule has 1 fully saturated rings. The lowest BCUT2D eigenvalue weighted by atomic mass is 10.2. The van der Waals surface area contributed by atoms with Gasteiger partial charge in [-0.05, 0) is 37.1 Å². The summed E-state index contributed by atoms with van der Waals surface area (Å²) in [6.45, 7) is 1.23. The molecule has 1 unspecified atom stereocenters. The quantitative estimate of drug-likeness (QED) is 0.903. The van der Waals surface area contributed by atoms with E-state index in [4.69, 9.17) is 11.6 Å². The monoisotopic (exact) mass is 331 g/mol. The van der Waals surface area contributed by atoms with Gasteiger partial charge >= 0.3 is 0 Å². The van der Waals surface area contributed by atoms with Crippen molar-refractivity contribution in [2.24, 2.45) is 0 Å². The minimum atomic E-state index is -0.154. The molecule has 1 saturated heterocycles. The molecule has 1 amide bonds. The average molecular weight is 332 g/mol. The van der Waals surface area contributed by atoms with E-state index in [1.165, 1.54) is 6.07 Å². The molecule has 1 aliphatic rings. The maximum Gasteiger partial charge on any atom is 0.250 e. The van der Waals surface area contributed by atoms with Crippen molar-refractivity contribution in [3.63, 3.8) is 0 Å². The number of pyridine rings is 1. The number of hydrogen-bond donors (Lipinski definition) is 2. The summed E-state index contributed by atoms with van der Waals surface area (Å²) in [7, 11) is 0. The lowest BCUT2D eigenvalue weighted by Crippen LogP contribution is -2.35. The second-order valence-electron chi connectivity index (χ2n) is 5.61. The second kappa shape index (κ2) is 6.98. The Bertz CT molecular complexity index is 766. The zero-order valence-electron chi connectivity index (χ0n) is 12.6. The van der Waals surface area contributed by atoms with Crippen LogP contribution in [0.4, 0.5) is 5.69 Å². The first-order valence-electron chi connectivity index (χ1n) is 7.61. The maximum absolute atomic E-state index is 12.1. The molecule has 0 radical (unpaired) electrons. The fraction of sp³-hybridized carbons (Fsp3) is 0.294. The van der Waals surface area contributed by atoms with Gasteiger partial charge in [-0.1, -0.05) is 29.8 Å². The zero-order valence-corrected chi connectivity index (χ0v) is 13.3. The Hall–Kier alpha value is -2.11. The van der Waals surface area contributed by atoms with Crippen LogP contribution in [-0.4, -0.2) is 23.1 Å². The molecule has 3 rings (SSSR count). The number of halogens is 1. The largest absolute Gasteiger partial charge is 0.323 e. The number of benzene rings is 1. The molecule has 1 aromatic carbocycles. The summed E-state index contributed by atoms with van der Waals surface area (Å²) in [5.74, 6) is -0.0644. The first kappa shape index (κ1) is 15.8. The Balaban J connectivity index is 1.77. The van der Waals surface area contributed by atoms with E-state index in [9.17, 15) is 9.59 Å². The summed E-state index contributed by atoms with van der Waals surface area (Å²) in [6.07, 6.45) is 3.49. The van der Waals surface area contributed by atoms with E-state index in [2.05, 4.69) is 10.6 Å². The van der Waals surface area contributed by atoms with Gasteiger partial charge < -0.3 is 15.2 Å². The maximum atomic E-state index is 12.1. The van der Waals surface area contributed by atoms with Gasteiger partial charge in [-0.3, -0.25) is 9.59 Å². The van der Waals surface area contributed by atoms with Crippen LogP contribution in [-0.2, 0) is 11.3 Å². The van der Waals surface area contributed by atoms with Gasteiger partial charge in [0.2, 0.25) is 5.91 Å². The number of carbonyl (C=O) groups excluding carboxylic acids is 1. The van der Waals surface area contributed by atoms with Gasteiger partial charge in [0.05, 0.1) is 18.3 Å². The van der Waals surface area contributed by atoms with Gasteiger partial charge in [-0.2, -0.15) is 0 Å². The van der Waals surface area contributed by atoms with E-state index in [0.29, 0.717) is 17.3 Å². The number of rotatable bonds is 4. The normalized spacial score (nSPS) is 17.2. The van der Waals surface area contributed by atoms with Crippen LogP contribution in [0.2, 0.25) is 5.02 Å². The first-order chi connectivity index (χ1) is 11.1. The van der Waals surface area contributed by atoms with E-state index in [0.717, 1.165) is 24.9 Å². The van der Waals surface area contributed by atoms with Crippen molar-refractivity contribution in [1.82, 2.24) is 9.88 Å². The Morgan fingerprint density at radius 1 is 1.30 bits per heavy atom. The molecule has 0 bridgehead atoms. The van der Waals surface area contributed by atoms with Crippen molar-refractivity contribution < 1.29 is 4.79 Å². The van der Waals surface area contributed by atoms with Gasteiger partial charge in [0.25, 0.3) is 5.56 Å². The number of carbonyl (C=O) groups is 1. The number of nitrogens with zero attached hydrogens (tertiary/aromatic N) is 1. The zero-order chi connectivity index (χ0) is 16.2. The molecule has 1 aliphatic heterocycles. The Morgan fingerprint density at radius 2 is 2.13 bits per heavy atom. The summed E-state index contributed by atoms with van der Waals surface area (Å²) in [4.78, 5) is 24.2. The summed E-state index contributed by atoms with van der Waals surface area (Å²) in [5.41, 5.74) is 1.33. The molecule has 6 heteroatoms. The number of amides is 1. The minimum Gasteiger partial charge on any atom is -0.323 e. The number of aromatic nitrogens is 1. The summed E-state index contributed by atoms with van der Waals surface area (Å²) >= 11 is 6.14. The van der Waals surface area contributed by atoms with E-state index in [1.54, 1.807) is 22.9 Å². The summed E-state index contributed by atoms with van der Waals surface area (Å²) < 4.78 is 1.54. The van der Waals surface area contributed by atoms with E-state index >= 15 is 0 Å². The molecule has 0 aliphatic carbocycles. The van der Waals surface area contributed by atoms with Crippen molar-refractivity contribution in [2.75, 3.05) is 11.9 Å². The third kappa shape index (κ3) is 3.81. The third-order valence-corrected chi connectivity index (χ3v) is 4.30. The molecule has 0 saturated carbocycles. The molecule has 1 atom stereocenters. The van der Waals surface area contributed by atoms with Gasteiger partial charge in [-0.25, -0.2) is 0 Å². The highest BCUT2D eigenvalue weighted by Gasteiger charge is 2.21. The van der Waals surface area contributed by atoms with Crippen molar-refractivity contribution in [1.29, 1.82) is 0 Å². The fourth-order valence-corrected chi connectivity index (χ4v) is 2.87. The van der Waals surface area contributed by atoms with Crippen LogP contribution in [0.15, 0.2) is 47.4 Å². The SMILES string of the molecule is O=C(Nc1ccc(=O)n(Cc2ccccc2Cl)c1)C1CCCN1. The molecule has 0 spiro atoms. The fourth-order valence-electron chi connectivity index (χ4n) is 2.68. The van der Waals surface area contributed by atoms with Crippen molar-refractivity contribution in [3.05, 3.63) is 63.5 Å². The van der Waals surface area contributed by atoms with Gasteiger partial charge in [-0.15, -0.1) is 0 Å². The van der Waals surface area contributed by atoms with Crippen LogP contribution in [0, 0.1) is 0 Å². The smallest absolute Gasteiger partial charge is 0.250 e. The predicted molar refractivity (Wildman–Crippen MR) is 90.9 cm³/mol. The molecular weight excluding hydrogens is 314 g/mol. The topological polar surface area (TPSA) is 63.1 Å². The van der Waals surface area contributed by atoms with Crippen LogP contribution in [0.1, 0.15) is 18.4 Å². The number of hydrogen-bond acceptors (Lipinski definition) is 3. The van der Waals surface area contributed by atoms with Crippen molar-refractivity contribution in [3.8, 4) is 0 Å². The Morgan fingerprint density at radius 3 is 2.87 bits per heavy atom. The van der Waals surface area contributed by atoms with E-state index < -0.39 is 0 Å². The molecule has 2 N–H and O–H groups in total. The highest BCUT2D eigenvalue weighted by Crippen LogP contribution is 2.16. The minimum absolute atomic E-state index is 0.0644. The lowest BCUT2D eigenvalue weighted by molar-refractivity contribution is -0.117. The molecule has 2 aromatic rings. The first-order valence-corrected chi connectivity index (χ1v) is 7.99. The Kier molecular flexibility index (Phi) is 4.79. The van der Waals surface area contributed by atoms with Gasteiger partial charge in [0.15, 0.2) is 0 Å². The van der Waals surface area contributed by atoms with E-state index in [1.807, 2.05) is 18.2 Å². The van der Waals surface area contributed by atoms with Crippen molar-refractivity contribution in [2.45, 2.75) is 25.4 Å². The molecule has 2 heterocycles. The summed E-state index contributed by atoms with van der Waals surface area (Å²) in [5, 5.41) is 6.62. The van der Waals surface area contributed by atoms with E-state index in [-0.39, 0.29) is 17.5 Å². The molecular formula is C17H18ClN3O2. The molecule has 23 heavy (non-hydrogen) atoms.